The van der Waals surface area contributed by atoms with E-state index in [1.165, 1.54) is 36.8 Å². The molecule has 1 aliphatic rings. The molecule has 0 radical (unpaired) electrons. The Hall–Kier alpha value is -0.820. The fourth-order valence-electron chi connectivity index (χ4n) is 2.90. The lowest BCUT2D eigenvalue weighted by atomic mass is 9.76. The Morgan fingerprint density at radius 2 is 1.88 bits per heavy atom. The molecule has 94 valence electrons. The van der Waals surface area contributed by atoms with Gasteiger partial charge in [0.1, 0.15) is 0 Å². The van der Waals surface area contributed by atoms with Gasteiger partial charge in [-0.25, -0.2) is 0 Å². The first-order chi connectivity index (χ1) is 8.15. The van der Waals surface area contributed by atoms with Gasteiger partial charge in [0.05, 0.1) is 5.60 Å². The highest BCUT2D eigenvalue weighted by molar-refractivity contribution is 5.27. The molecule has 0 N–H and O–H groups in total. The number of ether oxygens (including phenoxy) is 1. The smallest absolute Gasteiger partial charge is 0.0719 e. The Labute approximate surface area is 105 Å². The van der Waals surface area contributed by atoms with Gasteiger partial charge in [0.2, 0.25) is 0 Å². The molecular formula is C16H24O. The van der Waals surface area contributed by atoms with E-state index in [-0.39, 0.29) is 5.60 Å². The normalized spacial score (nSPS) is 29.2. The molecule has 1 aliphatic carbocycles. The minimum atomic E-state index is 0.0959. The standard InChI is InChI=1S/C16H24O/c1-13-8-10-16(17-3,11-9-13)12-15-7-5-4-6-14(15)2/h4-7,13H,8-12H2,1-3H3. The van der Waals surface area contributed by atoms with Gasteiger partial charge in [0.25, 0.3) is 0 Å². The van der Waals surface area contributed by atoms with Gasteiger partial charge in [-0.1, -0.05) is 31.2 Å². The van der Waals surface area contributed by atoms with Crippen molar-refractivity contribution in [1.82, 2.24) is 0 Å². The van der Waals surface area contributed by atoms with Crippen LogP contribution in [-0.2, 0) is 11.2 Å². The lowest BCUT2D eigenvalue weighted by Gasteiger charge is -2.38. The first-order valence-electron chi connectivity index (χ1n) is 6.75. The fraction of sp³-hybridized carbons (Fsp3) is 0.625. The molecule has 2 rings (SSSR count). The summed E-state index contributed by atoms with van der Waals surface area (Å²) in [6, 6.07) is 8.69. The van der Waals surface area contributed by atoms with Crippen LogP contribution in [0.15, 0.2) is 24.3 Å². The van der Waals surface area contributed by atoms with Crippen molar-refractivity contribution in [2.45, 2.75) is 51.6 Å². The zero-order valence-electron chi connectivity index (χ0n) is 11.3. The van der Waals surface area contributed by atoms with Gasteiger partial charge >= 0.3 is 0 Å². The summed E-state index contributed by atoms with van der Waals surface area (Å²) in [4.78, 5) is 0. The molecule has 0 amide bonds. The lowest BCUT2D eigenvalue weighted by molar-refractivity contribution is -0.0470. The summed E-state index contributed by atoms with van der Waals surface area (Å²) in [5.74, 6) is 0.871. The van der Waals surface area contributed by atoms with E-state index in [2.05, 4.69) is 38.1 Å². The third-order valence-electron chi connectivity index (χ3n) is 4.39. The van der Waals surface area contributed by atoms with Crippen molar-refractivity contribution in [2.24, 2.45) is 5.92 Å². The monoisotopic (exact) mass is 232 g/mol. The maximum Gasteiger partial charge on any atom is 0.0719 e. The second kappa shape index (κ2) is 5.22. The maximum atomic E-state index is 5.89. The number of hydrogen-bond donors (Lipinski definition) is 0. The fourth-order valence-corrected chi connectivity index (χ4v) is 2.90. The molecule has 0 spiro atoms. The highest BCUT2D eigenvalue weighted by Crippen LogP contribution is 2.37. The number of hydrogen-bond acceptors (Lipinski definition) is 1. The average Bonchev–Trinajstić information content (AvgIpc) is 2.35. The molecule has 0 unspecified atom stereocenters. The molecule has 0 aliphatic heterocycles. The van der Waals surface area contributed by atoms with Crippen LogP contribution in [0.2, 0.25) is 0 Å². The third-order valence-corrected chi connectivity index (χ3v) is 4.39. The van der Waals surface area contributed by atoms with Crippen molar-refractivity contribution in [3.63, 3.8) is 0 Å². The zero-order chi connectivity index (χ0) is 12.3. The number of methoxy groups -OCH3 is 1. The Morgan fingerprint density at radius 1 is 1.24 bits per heavy atom. The molecular weight excluding hydrogens is 208 g/mol. The van der Waals surface area contributed by atoms with E-state index in [4.69, 9.17) is 4.74 Å². The molecule has 1 saturated carbocycles. The van der Waals surface area contributed by atoms with Crippen LogP contribution >= 0.6 is 0 Å². The Bertz CT molecular complexity index is 362. The molecule has 0 heterocycles. The largest absolute Gasteiger partial charge is 0.378 e. The topological polar surface area (TPSA) is 9.23 Å². The first-order valence-corrected chi connectivity index (χ1v) is 6.75. The van der Waals surface area contributed by atoms with Crippen LogP contribution in [-0.4, -0.2) is 12.7 Å². The predicted octanol–water partition coefficient (Wildman–Crippen LogP) is 4.13. The number of rotatable bonds is 3. The van der Waals surface area contributed by atoms with Gasteiger partial charge in [-0.3, -0.25) is 0 Å². The van der Waals surface area contributed by atoms with Crippen LogP contribution in [0.5, 0.6) is 0 Å². The van der Waals surface area contributed by atoms with E-state index in [9.17, 15) is 0 Å². The SMILES string of the molecule is COC1(Cc2ccccc2C)CCC(C)CC1. The average molecular weight is 232 g/mol. The molecule has 0 aromatic heterocycles. The van der Waals surface area contributed by atoms with Gasteiger partial charge in [-0.15, -0.1) is 0 Å². The summed E-state index contributed by atoms with van der Waals surface area (Å²) in [5.41, 5.74) is 2.94. The number of benzene rings is 1. The van der Waals surface area contributed by atoms with Crippen LogP contribution in [0.4, 0.5) is 0 Å². The highest BCUT2D eigenvalue weighted by atomic mass is 16.5. The first kappa shape index (κ1) is 12.6. The van der Waals surface area contributed by atoms with E-state index < -0.39 is 0 Å². The molecule has 1 aromatic carbocycles. The summed E-state index contributed by atoms with van der Waals surface area (Å²) < 4.78 is 5.89. The molecule has 0 atom stereocenters. The molecule has 0 saturated heterocycles. The van der Waals surface area contributed by atoms with E-state index in [0.717, 1.165) is 12.3 Å². The second-order valence-corrected chi connectivity index (χ2v) is 5.67. The van der Waals surface area contributed by atoms with Crippen molar-refractivity contribution >= 4 is 0 Å². The highest BCUT2D eigenvalue weighted by Gasteiger charge is 2.34. The summed E-state index contributed by atoms with van der Waals surface area (Å²) in [6.45, 7) is 4.55. The van der Waals surface area contributed by atoms with Crippen molar-refractivity contribution in [3.05, 3.63) is 35.4 Å². The van der Waals surface area contributed by atoms with Crippen LogP contribution in [0.25, 0.3) is 0 Å². The molecule has 0 bridgehead atoms. The summed E-state index contributed by atoms with van der Waals surface area (Å²) in [5, 5.41) is 0. The van der Waals surface area contributed by atoms with Gasteiger partial charge < -0.3 is 4.74 Å². The second-order valence-electron chi connectivity index (χ2n) is 5.67. The van der Waals surface area contributed by atoms with E-state index in [1.807, 2.05) is 7.11 Å². The van der Waals surface area contributed by atoms with Crippen LogP contribution in [0.3, 0.4) is 0 Å². The maximum absolute atomic E-state index is 5.89. The Balaban J connectivity index is 2.12. The van der Waals surface area contributed by atoms with E-state index in [1.54, 1.807) is 0 Å². The number of aryl methyl sites for hydroxylation is 1. The Kier molecular flexibility index (Phi) is 3.88. The van der Waals surface area contributed by atoms with Crippen molar-refractivity contribution < 1.29 is 4.74 Å². The molecule has 1 nitrogen and oxygen atoms in total. The van der Waals surface area contributed by atoms with Gasteiger partial charge in [-0.05, 0) is 49.7 Å². The van der Waals surface area contributed by atoms with E-state index >= 15 is 0 Å². The minimum Gasteiger partial charge on any atom is -0.378 e. The molecule has 1 aromatic rings. The zero-order valence-corrected chi connectivity index (χ0v) is 11.3. The van der Waals surface area contributed by atoms with E-state index in [0.29, 0.717) is 0 Å². The summed E-state index contributed by atoms with van der Waals surface area (Å²) >= 11 is 0. The third kappa shape index (κ3) is 2.90. The van der Waals surface area contributed by atoms with Crippen molar-refractivity contribution in [1.29, 1.82) is 0 Å². The summed E-state index contributed by atoms with van der Waals surface area (Å²) in [7, 11) is 1.88. The van der Waals surface area contributed by atoms with Crippen LogP contribution in [0, 0.1) is 12.8 Å². The van der Waals surface area contributed by atoms with Crippen molar-refractivity contribution in [3.8, 4) is 0 Å². The predicted molar refractivity (Wildman–Crippen MR) is 72.3 cm³/mol. The van der Waals surface area contributed by atoms with Crippen molar-refractivity contribution in [2.75, 3.05) is 7.11 Å². The van der Waals surface area contributed by atoms with Gasteiger partial charge in [0, 0.05) is 13.5 Å². The molecule has 17 heavy (non-hydrogen) atoms. The lowest BCUT2D eigenvalue weighted by Crippen LogP contribution is -2.38. The minimum absolute atomic E-state index is 0.0959. The molecule has 1 heteroatoms. The summed E-state index contributed by atoms with van der Waals surface area (Å²) in [6.07, 6.45) is 6.10. The van der Waals surface area contributed by atoms with Crippen LogP contribution < -0.4 is 0 Å². The quantitative estimate of drug-likeness (QED) is 0.761. The van der Waals surface area contributed by atoms with Gasteiger partial charge in [0.15, 0.2) is 0 Å². The van der Waals surface area contributed by atoms with Crippen LogP contribution in [0.1, 0.15) is 43.7 Å². The van der Waals surface area contributed by atoms with Gasteiger partial charge in [-0.2, -0.15) is 0 Å². The molecule has 1 fully saturated rings. The Morgan fingerprint density at radius 3 is 2.47 bits per heavy atom.